The molecule has 1 aromatic heterocycles. The summed E-state index contributed by atoms with van der Waals surface area (Å²) in [4.78, 5) is 25.9. The van der Waals surface area contributed by atoms with Gasteiger partial charge in [-0.1, -0.05) is 18.2 Å². The van der Waals surface area contributed by atoms with Crippen LogP contribution in [0, 0.1) is 5.82 Å². The summed E-state index contributed by atoms with van der Waals surface area (Å²) >= 11 is 0. The average Bonchev–Trinajstić information content (AvgIpc) is 3.23. The van der Waals surface area contributed by atoms with E-state index in [9.17, 15) is 14.0 Å². The fourth-order valence-corrected chi connectivity index (χ4v) is 3.16. The summed E-state index contributed by atoms with van der Waals surface area (Å²) in [5.41, 5.74) is 2.72. The molecule has 0 spiro atoms. The number of amides is 2. The van der Waals surface area contributed by atoms with Crippen molar-refractivity contribution in [3.05, 3.63) is 77.9 Å². The van der Waals surface area contributed by atoms with Gasteiger partial charge in [-0.15, -0.1) is 0 Å². The number of rotatable bonds is 5. The van der Waals surface area contributed by atoms with Crippen LogP contribution >= 0.6 is 0 Å². The van der Waals surface area contributed by atoms with Crippen LogP contribution in [0.5, 0.6) is 0 Å². The smallest absolute Gasteiger partial charge is 0.272 e. The molecular weight excluding hydrogens is 373 g/mol. The van der Waals surface area contributed by atoms with Gasteiger partial charge in [0.05, 0.1) is 12.2 Å². The molecule has 1 aliphatic rings. The van der Waals surface area contributed by atoms with Crippen molar-refractivity contribution >= 4 is 17.5 Å². The van der Waals surface area contributed by atoms with Crippen LogP contribution in [0.25, 0.3) is 5.69 Å². The molecule has 0 atom stereocenters. The van der Waals surface area contributed by atoms with Gasteiger partial charge in [-0.3, -0.25) is 9.59 Å². The van der Waals surface area contributed by atoms with E-state index < -0.39 is 0 Å². The number of piperazine rings is 1. The van der Waals surface area contributed by atoms with Crippen molar-refractivity contribution in [2.45, 2.75) is 6.54 Å². The highest BCUT2D eigenvalue weighted by molar-refractivity contribution is 5.92. The molecule has 2 aromatic carbocycles. The molecular formula is C21H20FN5O2. The summed E-state index contributed by atoms with van der Waals surface area (Å²) in [6.45, 7) is 2.12. The molecule has 1 saturated heterocycles. The Balaban J connectivity index is 1.35. The average molecular weight is 393 g/mol. The van der Waals surface area contributed by atoms with Crippen LogP contribution in [0.1, 0.15) is 16.1 Å². The molecule has 3 aromatic rings. The highest BCUT2D eigenvalue weighted by Crippen LogP contribution is 2.16. The molecule has 29 heavy (non-hydrogen) atoms. The molecule has 0 radical (unpaired) electrons. The van der Waals surface area contributed by atoms with Crippen molar-refractivity contribution in [2.24, 2.45) is 0 Å². The lowest BCUT2D eigenvalue weighted by molar-refractivity contribution is -0.120. The molecule has 1 fully saturated rings. The first-order valence-corrected chi connectivity index (χ1v) is 9.29. The van der Waals surface area contributed by atoms with E-state index in [-0.39, 0.29) is 23.3 Å². The van der Waals surface area contributed by atoms with E-state index in [1.807, 2.05) is 29.2 Å². The maximum Gasteiger partial charge on any atom is 0.272 e. The van der Waals surface area contributed by atoms with Crippen molar-refractivity contribution in [2.75, 3.05) is 24.5 Å². The lowest BCUT2D eigenvalue weighted by Crippen LogP contribution is -2.47. The summed E-state index contributed by atoms with van der Waals surface area (Å²) in [7, 11) is 0. The molecule has 2 amide bonds. The Labute approximate surface area is 167 Å². The first kappa shape index (κ1) is 18.7. The number of aromatic nitrogens is 2. The summed E-state index contributed by atoms with van der Waals surface area (Å²) in [5.74, 6) is -0.653. The van der Waals surface area contributed by atoms with Gasteiger partial charge >= 0.3 is 0 Å². The van der Waals surface area contributed by atoms with E-state index in [1.54, 1.807) is 24.4 Å². The zero-order valence-electron chi connectivity index (χ0n) is 15.6. The number of carbonyl (C=O) groups excluding carboxylic acids is 2. The largest absolute Gasteiger partial charge is 0.360 e. The summed E-state index contributed by atoms with van der Waals surface area (Å²) < 4.78 is 14.8. The number of anilines is 1. The number of benzene rings is 2. The number of halogens is 1. The van der Waals surface area contributed by atoms with Gasteiger partial charge in [-0.05, 0) is 42.0 Å². The van der Waals surface area contributed by atoms with Crippen molar-refractivity contribution < 1.29 is 14.0 Å². The molecule has 0 unspecified atom stereocenters. The number of hydrogen-bond acceptors (Lipinski definition) is 4. The minimum Gasteiger partial charge on any atom is -0.360 e. The normalized spacial score (nSPS) is 13.8. The van der Waals surface area contributed by atoms with Crippen LogP contribution in [-0.4, -0.2) is 41.2 Å². The van der Waals surface area contributed by atoms with Gasteiger partial charge in [0.2, 0.25) is 5.91 Å². The van der Waals surface area contributed by atoms with Crippen molar-refractivity contribution in [1.29, 1.82) is 0 Å². The lowest BCUT2D eigenvalue weighted by Gasteiger charge is -2.28. The van der Waals surface area contributed by atoms with E-state index in [0.29, 0.717) is 25.3 Å². The Kier molecular flexibility index (Phi) is 5.24. The second-order valence-electron chi connectivity index (χ2n) is 6.75. The molecule has 0 bridgehead atoms. The maximum absolute atomic E-state index is 13.3. The second-order valence-corrected chi connectivity index (χ2v) is 6.75. The third kappa shape index (κ3) is 4.43. The number of nitrogens with zero attached hydrogens (tertiary/aromatic N) is 3. The molecule has 1 aliphatic heterocycles. The van der Waals surface area contributed by atoms with Gasteiger partial charge in [-0.2, -0.15) is 5.10 Å². The predicted molar refractivity (Wildman–Crippen MR) is 106 cm³/mol. The Morgan fingerprint density at radius 1 is 1.14 bits per heavy atom. The van der Waals surface area contributed by atoms with Crippen molar-refractivity contribution in [3.8, 4) is 5.69 Å². The third-order valence-corrected chi connectivity index (χ3v) is 4.69. The molecule has 0 saturated carbocycles. The predicted octanol–water partition coefficient (Wildman–Crippen LogP) is 1.88. The summed E-state index contributed by atoms with van der Waals surface area (Å²) in [6, 6.07) is 15.3. The van der Waals surface area contributed by atoms with Gasteiger partial charge in [0, 0.05) is 31.5 Å². The van der Waals surface area contributed by atoms with E-state index in [4.69, 9.17) is 0 Å². The monoisotopic (exact) mass is 393 g/mol. The van der Waals surface area contributed by atoms with Crippen molar-refractivity contribution in [3.63, 3.8) is 0 Å². The van der Waals surface area contributed by atoms with Crippen LogP contribution in [0.3, 0.4) is 0 Å². The number of nitrogens with one attached hydrogen (secondary N) is 2. The Bertz CT molecular complexity index is 1030. The molecule has 8 heteroatoms. The highest BCUT2D eigenvalue weighted by Gasteiger charge is 2.16. The van der Waals surface area contributed by atoms with Crippen LogP contribution in [-0.2, 0) is 11.3 Å². The third-order valence-electron chi connectivity index (χ3n) is 4.69. The van der Waals surface area contributed by atoms with Gasteiger partial charge in [-0.25, -0.2) is 9.07 Å². The van der Waals surface area contributed by atoms with Gasteiger partial charge in [0.1, 0.15) is 5.82 Å². The van der Waals surface area contributed by atoms with Crippen LogP contribution < -0.4 is 15.5 Å². The van der Waals surface area contributed by atoms with Crippen LogP contribution in [0.4, 0.5) is 10.1 Å². The minimum atomic E-state index is -0.363. The number of hydrogen-bond donors (Lipinski definition) is 2. The zero-order chi connectivity index (χ0) is 20.2. The summed E-state index contributed by atoms with van der Waals surface area (Å²) in [5, 5.41) is 9.84. The fourth-order valence-electron chi connectivity index (χ4n) is 3.16. The molecule has 7 nitrogen and oxygen atoms in total. The zero-order valence-corrected chi connectivity index (χ0v) is 15.6. The first-order chi connectivity index (χ1) is 14.1. The van der Waals surface area contributed by atoms with Gasteiger partial charge in [0.15, 0.2) is 5.69 Å². The molecule has 4 rings (SSSR count). The lowest BCUT2D eigenvalue weighted by atomic mass is 10.2. The summed E-state index contributed by atoms with van der Waals surface area (Å²) in [6.07, 6.45) is 1.62. The Morgan fingerprint density at radius 2 is 1.97 bits per heavy atom. The van der Waals surface area contributed by atoms with E-state index >= 15 is 0 Å². The molecule has 2 heterocycles. The van der Waals surface area contributed by atoms with Crippen LogP contribution in [0.15, 0.2) is 60.8 Å². The maximum atomic E-state index is 13.3. The SMILES string of the molecule is O=C1CN(c2ccc(CNC(=O)c3ccn(-c4cccc(F)c4)n3)cc2)CCN1. The van der Waals surface area contributed by atoms with E-state index in [1.165, 1.54) is 16.8 Å². The molecule has 2 N–H and O–H groups in total. The van der Waals surface area contributed by atoms with E-state index in [2.05, 4.69) is 15.7 Å². The van der Waals surface area contributed by atoms with Crippen LogP contribution in [0.2, 0.25) is 0 Å². The van der Waals surface area contributed by atoms with E-state index in [0.717, 1.165) is 17.8 Å². The molecule has 0 aliphatic carbocycles. The topological polar surface area (TPSA) is 79.3 Å². The standard InChI is InChI=1S/C21H20FN5O2/c22-16-2-1-3-18(12-16)27-10-8-19(25-27)21(29)24-13-15-4-6-17(7-5-15)26-11-9-23-20(28)14-26/h1-8,10,12H,9,11,13-14H2,(H,23,28)(H,24,29). The van der Waals surface area contributed by atoms with Crippen molar-refractivity contribution in [1.82, 2.24) is 20.4 Å². The number of carbonyl (C=O) groups is 2. The second kappa shape index (κ2) is 8.14. The Hall–Kier alpha value is -3.68. The highest BCUT2D eigenvalue weighted by atomic mass is 19.1. The minimum absolute atomic E-state index is 0.0188. The molecule has 148 valence electrons. The quantitative estimate of drug-likeness (QED) is 0.694. The van der Waals surface area contributed by atoms with Gasteiger partial charge < -0.3 is 15.5 Å². The first-order valence-electron chi connectivity index (χ1n) is 9.29. The fraction of sp³-hybridized carbons (Fsp3) is 0.190. The Morgan fingerprint density at radius 3 is 2.72 bits per heavy atom. The van der Waals surface area contributed by atoms with Gasteiger partial charge in [0.25, 0.3) is 5.91 Å².